The van der Waals surface area contributed by atoms with Crippen LogP contribution in [0.4, 0.5) is 0 Å². The first-order valence-corrected chi connectivity index (χ1v) is 10.1. The van der Waals surface area contributed by atoms with E-state index in [1.54, 1.807) is 0 Å². The van der Waals surface area contributed by atoms with E-state index in [4.69, 9.17) is 4.98 Å². The number of nitrogens with one attached hydrogen (secondary N) is 2. The monoisotopic (exact) mass is 355 g/mol. The Balaban J connectivity index is 1.32. The van der Waals surface area contributed by atoms with Crippen LogP contribution in [0, 0.1) is 5.41 Å². The van der Waals surface area contributed by atoms with E-state index in [9.17, 15) is 4.79 Å². The van der Waals surface area contributed by atoms with Gasteiger partial charge in [-0.05, 0) is 37.7 Å². The summed E-state index contributed by atoms with van der Waals surface area (Å²) in [7, 11) is 0. The summed E-state index contributed by atoms with van der Waals surface area (Å²) in [4.78, 5) is 19.0. The minimum Gasteiger partial charge on any atom is -0.355 e. The van der Waals surface area contributed by atoms with E-state index in [-0.39, 0.29) is 11.3 Å². The standard InChI is InChI=1S/C20H25N3OS/c24-19(20(13-21-14-20)12-15-6-2-1-3-7-15)22-11-10-18-23-16-8-4-5-9-17(16)25-18/h1-3,6-7,21H,4-5,8-14H2,(H,22,24). The molecule has 0 spiro atoms. The number of nitrogens with zero attached hydrogens (tertiary/aromatic N) is 1. The lowest BCUT2D eigenvalue weighted by atomic mass is 9.75. The van der Waals surface area contributed by atoms with Gasteiger partial charge in [-0.3, -0.25) is 4.79 Å². The van der Waals surface area contributed by atoms with Crippen LogP contribution in [0.15, 0.2) is 30.3 Å². The van der Waals surface area contributed by atoms with Crippen molar-refractivity contribution in [2.24, 2.45) is 5.41 Å². The van der Waals surface area contributed by atoms with Crippen molar-refractivity contribution in [3.8, 4) is 0 Å². The van der Waals surface area contributed by atoms with E-state index in [0.717, 1.165) is 32.4 Å². The third-order valence-electron chi connectivity index (χ3n) is 5.31. The molecule has 5 heteroatoms. The van der Waals surface area contributed by atoms with E-state index in [1.807, 2.05) is 29.5 Å². The Morgan fingerprint density at radius 3 is 2.72 bits per heavy atom. The number of benzene rings is 1. The number of amides is 1. The molecular formula is C20H25N3OS. The molecule has 1 saturated heterocycles. The van der Waals surface area contributed by atoms with Crippen molar-refractivity contribution in [3.05, 3.63) is 51.5 Å². The summed E-state index contributed by atoms with van der Waals surface area (Å²) in [5.74, 6) is 0.177. The van der Waals surface area contributed by atoms with E-state index in [2.05, 4.69) is 22.8 Å². The van der Waals surface area contributed by atoms with Gasteiger partial charge in [-0.25, -0.2) is 4.98 Å². The Morgan fingerprint density at radius 2 is 2.00 bits per heavy atom. The third kappa shape index (κ3) is 3.62. The molecule has 1 aromatic heterocycles. The molecule has 1 aliphatic carbocycles. The maximum Gasteiger partial charge on any atom is 0.229 e. The molecule has 2 N–H and O–H groups in total. The van der Waals surface area contributed by atoms with Gasteiger partial charge in [0.15, 0.2) is 0 Å². The van der Waals surface area contributed by atoms with Crippen molar-refractivity contribution >= 4 is 17.2 Å². The summed E-state index contributed by atoms with van der Waals surface area (Å²) in [6.45, 7) is 2.21. The molecule has 1 fully saturated rings. The minimum atomic E-state index is -0.288. The lowest BCUT2D eigenvalue weighted by molar-refractivity contribution is -0.133. The van der Waals surface area contributed by atoms with E-state index >= 15 is 0 Å². The molecular weight excluding hydrogens is 330 g/mol. The highest BCUT2D eigenvalue weighted by Gasteiger charge is 2.43. The normalized spacial score (nSPS) is 18.2. The molecule has 2 aliphatic rings. The quantitative estimate of drug-likeness (QED) is 0.837. The van der Waals surface area contributed by atoms with Crippen LogP contribution in [-0.4, -0.2) is 30.5 Å². The fourth-order valence-electron chi connectivity index (χ4n) is 3.76. The molecule has 2 aromatic rings. The summed E-state index contributed by atoms with van der Waals surface area (Å²) in [6, 6.07) is 10.3. The predicted molar refractivity (Wildman–Crippen MR) is 101 cm³/mol. The molecule has 2 heterocycles. The zero-order chi connectivity index (χ0) is 17.1. The third-order valence-corrected chi connectivity index (χ3v) is 6.53. The fraction of sp³-hybridized carbons (Fsp3) is 0.500. The number of fused-ring (bicyclic) bond motifs is 1. The first kappa shape index (κ1) is 16.7. The van der Waals surface area contributed by atoms with E-state index in [0.29, 0.717) is 6.54 Å². The molecule has 0 saturated carbocycles. The molecule has 0 unspecified atom stereocenters. The molecule has 0 atom stereocenters. The van der Waals surface area contributed by atoms with Gasteiger partial charge in [-0.15, -0.1) is 11.3 Å². The molecule has 0 radical (unpaired) electrons. The van der Waals surface area contributed by atoms with Crippen LogP contribution in [0.25, 0.3) is 0 Å². The van der Waals surface area contributed by atoms with Gasteiger partial charge in [-0.2, -0.15) is 0 Å². The summed E-state index contributed by atoms with van der Waals surface area (Å²) in [5, 5.41) is 7.61. The van der Waals surface area contributed by atoms with Gasteiger partial charge in [-0.1, -0.05) is 30.3 Å². The number of hydrogen-bond donors (Lipinski definition) is 2. The maximum atomic E-state index is 12.8. The lowest BCUT2D eigenvalue weighted by Crippen LogP contribution is -2.62. The lowest BCUT2D eigenvalue weighted by Gasteiger charge is -2.41. The van der Waals surface area contributed by atoms with Gasteiger partial charge in [0.25, 0.3) is 0 Å². The van der Waals surface area contributed by atoms with Gasteiger partial charge >= 0.3 is 0 Å². The van der Waals surface area contributed by atoms with Gasteiger partial charge in [0, 0.05) is 30.9 Å². The van der Waals surface area contributed by atoms with Crippen molar-refractivity contribution in [2.75, 3.05) is 19.6 Å². The molecule has 1 aliphatic heterocycles. The predicted octanol–water partition coefficient (Wildman–Crippen LogP) is 2.51. The summed E-state index contributed by atoms with van der Waals surface area (Å²) >= 11 is 1.84. The Bertz CT molecular complexity index is 713. The molecule has 4 rings (SSSR count). The highest BCUT2D eigenvalue weighted by atomic mass is 32.1. The molecule has 1 amide bonds. The number of carbonyl (C=O) groups is 1. The van der Waals surface area contributed by atoms with Crippen LogP contribution < -0.4 is 10.6 Å². The summed E-state index contributed by atoms with van der Waals surface area (Å²) < 4.78 is 0. The second kappa shape index (κ2) is 7.26. The van der Waals surface area contributed by atoms with E-state index in [1.165, 1.54) is 40.4 Å². The van der Waals surface area contributed by atoms with Gasteiger partial charge in [0.2, 0.25) is 5.91 Å². The largest absolute Gasteiger partial charge is 0.355 e. The van der Waals surface area contributed by atoms with Gasteiger partial charge in [0.1, 0.15) is 0 Å². The van der Waals surface area contributed by atoms with Crippen LogP contribution in [0.2, 0.25) is 0 Å². The number of aryl methyl sites for hydroxylation is 2. The van der Waals surface area contributed by atoms with Crippen molar-refractivity contribution in [1.82, 2.24) is 15.6 Å². The topological polar surface area (TPSA) is 54.0 Å². The highest BCUT2D eigenvalue weighted by molar-refractivity contribution is 7.11. The SMILES string of the molecule is O=C(NCCc1nc2c(s1)CCCC2)C1(Cc2ccccc2)CNC1. The summed E-state index contributed by atoms with van der Waals surface area (Å²) in [5.41, 5.74) is 2.25. The number of carbonyl (C=O) groups excluding carboxylic acids is 1. The average molecular weight is 356 g/mol. The highest BCUT2D eigenvalue weighted by Crippen LogP contribution is 2.29. The Kier molecular flexibility index (Phi) is 4.86. The Labute approximate surface area is 153 Å². The second-order valence-electron chi connectivity index (χ2n) is 7.24. The molecule has 132 valence electrons. The Morgan fingerprint density at radius 1 is 1.20 bits per heavy atom. The van der Waals surface area contributed by atoms with Gasteiger partial charge in [0.05, 0.1) is 16.1 Å². The number of hydrogen-bond acceptors (Lipinski definition) is 4. The number of rotatable bonds is 6. The first-order chi connectivity index (χ1) is 12.3. The Hall–Kier alpha value is -1.72. The second-order valence-corrected chi connectivity index (χ2v) is 8.40. The smallest absolute Gasteiger partial charge is 0.229 e. The van der Waals surface area contributed by atoms with Gasteiger partial charge < -0.3 is 10.6 Å². The first-order valence-electron chi connectivity index (χ1n) is 9.26. The molecule has 1 aromatic carbocycles. The van der Waals surface area contributed by atoms with Crippen LogP contribution in [0.1, 0.15) is 34.0 Å². The summed E-state index contributed by atoms with van der Waals surface area (Å²) in [6.07, 6.45) is 6.52. The molecule has 25 heavy (non-hydrogen) atoms. The van der Waals surface area contributed by atoms with Crippen molar-refractivity contribution in [3.63, 3.8) is 0 Å². The van der Waals surface area contributed by atoms with Crippen molar-refractivity contribution < 1.29 is 4.79 Å². The van der Waals surface area contributed by atoms with Crippen LogP contribution in [0.3, 0.4) is 0 Å². The molecule has 0 bridgehead atoms. The zero-order valence-electron chi connectivity index (χ0n) is 14.5. The van der Waals surface area contributed by atoms with Crippen LogP contribution in [0.5, 0.6) is 0 Å². The van der Waals surface area contributed by atoms with Crippen LogP contribution in [-0.2, 0) is 30.5 Å². The maximum absolute atomic E-state index is 12.8. The molecule has 4 nitrogen and oxygen atoms in total. The number of thiazole rings is 1. The van der Waals surface area contributed by atoms with Crippen LogP contribution >= 0.6 is 11.3 Å². The minimum absolute atomic E-state index is 0.177. The van der Waals surface area contributed by atoms with Crippen molar-refractivity contribution in [1.29, 1.82) is 0 Å². The van der Waals surface area contributed by atoms with E-state index < -0.39 is 0 Å². The fourth-order valence-corrected chi connectivity index (χ4v) is 4.92. The zero-order valence-corrected chi connectivity index (χ0v) is 15.3. The van der Waals surface area contributed by atoms with Crippen molar-refractivity contribution in [2.45, 2.75) is 38.5 Å². The average Bonchev–Trinajstić information content (AvgIpc) is 3.01. The number of aromatic nitrogens is 1.